The lowest BCUT2D eigenvalue weighted by Crippen LogP contribution is -2.28. The summed E-state index contributed by atoms with van der Waals surface area (Å²) in [6.07, 6.45) is 7.57. The fraction of sp³-hybridized carbons (Fsp3) is 0.667. The highest BCUT2D eigenvalue weighted by molar-refractivity contribution is 5.97. The molecule has 0 spiro atoms. The van der Waals surface area contributed by atoms with Crippen molar-refractivity contribution < 1.29 is 9.21 Å². The molecular weight excluding hydrogens is 212 g/mol. The first-order valence-corrected chi connectivity index (χ1v) is 6.55. The van der Waals surface area contributed by atoms with Crippen LogP contribution < -0.4 is 0 Å². The van der Waals surface area contributed by atoms with Crippen molar-refractivity contribution in [1.29, 1.82) is 0 Å². The largest absolute Gasteiger partial charge is 0.472 e. The molecule has 0 amide bonds. The molecular formula is C15H22O2. The van der Waals surface area contributed by atoms with Crippen LogP contribution in [0, 0.1) is 17.3 Å². The molecule has 2 nitrogen and oxygen atoms in total. The average Bonchev–Trinajstić information content (AvgIpc) is 2.80. The van der Waals surface area contributed by atoms with Crippen LogP contribution in [0.3, 0.4) is 0 Å². The normalized spacial score (nSPS) is 25.8. The molecule has 0 atom stereocenters. The van der Waals surface area contributed by atoms with Gasteiger partial charge in [-0.1, -0.05) is 20.8 Å². The highest BCUT2D eigenvalue weighted by atomic mass is 16.3. The Hall–Kier alpha value is -1.05. The summed E-state index contributed by atoms with van der Waals surface area (Å²) in [6.45, 7) is 6.90. The molecule has 1 saturated carbocycles. The molecule has 0 bridgehead atoms. The molecule has 1 aliphatic rings. The van der Waals surface area contributed by atoms with Crippen LogP contribution in [0.25, 0.3) is 0 Å². The minimum absolute atomic E-state index is 0.214. The molecule has 0 unspecified atom stereocenters. The second-order valence-corrected chi connectivity index (χ2v) is 6.29. The monoisotopic (exact) mass is 234 g/mol. The van der Waals surface area contributed by atoms with E-state index in [0.717, 1.165) is 24.3 Å². The van der Waals surface area contributed by atoms with E-state index < -0.39 is 0 Å². The molecule has 2 heteroatoms. The van der Waals surface area contributed by atoms with E-state index in [2.05, 4.69) is 20.8 Å². The van der Waals surface area contributed by atoms with Crippen LogP contribution in [0.4, 0.5) is 0 Å². The molecule has 2 rings (SSSR count). The van der Waals surface area contributed by atoms with Gasteiger partial charge in [-0.25, -0.2) is 0 Å². The fourth-order valence-electron chi connectivity index (χ4n) is 2.86. The van der Waals surface area contributed by atoms with Crippen molar-refractivity contribution in [3.05, 3.63) is 24.2 Å². The summed E-state index contributed by atoms with van der Waals surface area (Å²) < 4.78 is 4.98. The van der Waals surface area contributed by atoms with Gasteiger partial charge in [0.05, 0.1) is 11.8 Å². The van der Waals surface area contributed by atoms with Crippen molar-refractivity contribution >= 4 is 5.78 Å². The van der Waals surface area contributed by atoms with Crippen LogP contribution >= 0.6 is 0 Å². The summed E-state index contributed by atoms with van der Waals surface area (Å²) in [5.74, 6) is 1.24. The van der Waals surface area contributed by atoms with E-state index in [1.165, 1.54) is 12.8 Å². The van der Waals surface area contributed by atoms with E-state index in [1.807, 2.05) is 0 Å². The third kappa shape index (κ3) is 2.80. The Bertz CT molecular complexity index is 362. The molecule has 1 aromatic heterocycles. The van der Waals surface area contributed by atoms with Crippen molar-refractivity contribution in [3.8, 4) is 0 Å². The Balaban J connectivity index is 1.94. The zero-order chi connectivity index (χ0) is 12.5. The van der Waals surface area contributed by atoms with Crippen molar-refractivity contribution in [2.75, 3.05) is 0 Å². The lowest BCUT2D eigenvalue weighted by Gasteiger charge is -2.36. The van der Waals surface area contributed by atoms with Crippen molar-refractivity contribution in [3.63, 3.8) is 0 Å². The maximum absolute atomic E-state index is 12.2. The minimum Gasteiger partial charge on any atom is -0.472 e. The summed E-state index contributed by atoms with van der Waals surface area (Å²) >= 11 is 0. The van der Waals surface area contributed by atoms with Crippen molar-refractivity contribution in [2.45, 2.75) is 46.5 Å². The number of hydrogen-bond donors (Lipinski definition) is 0. The van der Waals surface area contributed by atoms with Gasteiger partial charge in [0.1, 0.15) is 6.26 Å². The van der Waals surface area contributed by atoms with Gasteiger partial charge in [-0.05, 0) is 43.1 Å². The molecule has 1 heterocycles. The van der Waals surface area contributed by atoms with Crippen LogP contribution in [0.2, 0.25) is 0 Å². The molecule has 1 aromatic rings. The molecule has 0 radical (unpaired) electrons. The first-order chi connectivity index (χ1) is 7.98. The number of rotatable bonds is 2. The molecule has 0 saturated heterocycles. The zero-order valence-corrected chi connectivity index (χ0v) is 11.0. The number of carbonyl (C=O) groups is 1. The predicted molar refractivity (Wildman–Crippen MR) is 67.9 cm³/mol. The third-order valence-corrected chi connectivity index (χ3v) is 4.13. The number of ketones is 1. The van der Waals surface area contributed by atoms with Crippen molar-refractivity contribution in [2.24, 2.45) is 17.3 Å². The highest BCUT2D eigenvalue weighted by Gasteiger charge is 2.32. The molecule has 0 N–H and O–H groups in total. The molecule has 0 aromatic carbocycles. The van der Waals surface area contributed by atoms with Crippen LogP contribution in [0.5, 0.6) is 0 Å². The van der Waals surface area contributed by atoms with Gasteiger partial charge in [-0.15, -0.1) is 0 Å². The quantitative estimate of drug-likeness (QED) is 0.713. The summed E-state index contributed by atoms with van der Waals surface area (Å²) in [7, 11) is 0. The lowest BCUT2D eigenvalue weighted by molar-refractivity contribution is 0.0819. The molecule has 0 aliphatic heterocycles. The van der Waals surface area contributed by atoms with Crippen LogP contribution in [0.15, 0.2) is 23.0 Å². The van der Waals surface area contributed by atoms with Crippen LogP contribution in [0.1, 0.15) is 56.8 Å². The molecule has 94 valence electrons. The highest BCUT2D eigenvalue weighted by Crippen LogP contribution is 2.40. The standard InChI is InChI=1S/C15H22O2/c1-15(2,3)13-6-4-11(5-7-13)14(16)12-8-9-17-10-12/h8-11,13H,4-7H2,1-3H3. The van der Waals surface area contributed by atoms with Gasteiger partial charge in [0, 0.05) is 5.92 Å². The van der Waals surface area contributed by atoms with Gasteiger partial charge < -0.3 is 4.42 Å². The van der Waals surface area contributed by atoms with Crippen LogP contribution in [-0.2, 0) is 0 Å². The Kier molecular flexibility index (Phi) is 3.41. The van der Waals surface area contributed by atoms with Gasteiger partial charge >= 0.3 is 0 Å². The third-order valence-electron chi connectivity index (χ3n) is 4.13. The second-order valence-electron chi connectivity index (χ2n) is 6.29. The topological polar surface area (TPSA) is 30.2 Å². The van der Waals surface area contributed by atoms with Gasteiger partial charge in [0.25, 0.3) is 0 Å². The first kappa shape index (κ1) is 12.4. The maximum atomic E-state index is 12.2. The number of hydrogen-bond acceptors (Lipinski definition) is 2. The lowest BCUT2D eigenvalue weighted by atomic mass is 9.69. The van der Waals surface area contributed by atoms with E-state index in [4.69, 9.17) is 4.42 Å². The Morgan fingerprint density at radius 3 is 2.35 bits per heavy atom. The maximum Gasteiger partial charge on any atom is 0.169 e. The zero-order valence-electron chi connectivity index (χ0n) is 11.0. The molecule has 1 fully saturated rings. The van der Waals surface area contributed by atoms with E-state index in [9.17, 15) is 4.79 Å². The molecule has 17 heavy (non-hydrogen) atoms. The second kappa shape index (κ2) is 4.67. The predicted octanol–water partition coefficient (Wildman–Crippen LogP) is 4.31. The fourth-order valence-corrected chi connectivity index (χ4v) is 2.86. The van der Waals surface area contributed by atoms with E-state index >= 15 is 0 Å². The Labute approximate surface area is 103 Å². The first-order valence-electron chi connectivity index (χ1n) is 6.55. The number of furan rings is 1. The van der Waals surface area contributed by atoms with E-state index in [-0.39, 0.29) is 11.7 Å². The number of Topliss-reactive ketones (excluding diaryl/α,β-unsaturated/α-hetero) is 1. The number of carbonyl (C=O) groups excluding carboxylic acids is 1. The summed E-state index contributed by atoms with van der Waals surface area (Å²) in [6, 6.07) is 1.78. The Morgan fingerprint density at radius 2 is 1.88 bits per heavy atom. The van der Waals surface area contributed by atoms with Gasteiger partial charge in [0.15, 0.2) is 5.78 Å². The Morgan fingerprint density at radius 1 is 1.24 bits per heavy atom. The summed E-state index contributed by atoms with van der Waals surface area (Å²) in [5.41, 5.74) is 1.12. The smallest absolute Gasteiger partial charge is 0.169 e. The SMILES string of the molecule is CC(C)(C)C1CCC(C(=O)c2ccoc2)CC1. The average molecular weight is 234 g/mol. The minimum atomic E-state index is 0.214. The van der Waals surface area contributed by atoms with Crippen molar-refractivity contribution in [1.82, 2.24) is 0 Å². The summed E-state index contributed by atoms with van der Waals surface area (Å²) in [5, 5.41) is 0. The van der Waals surface area contributed by atoms with E-state index in [0.29, 0.717) is 5.41 Å². The van der Waals surface area contributed by atoms with E-state index in [1.54, 1.807) is 18.6 Å². The van der Waals surface area contributed by atoms with Gasteiger partial charge in [-0.2, -0.15) is 0 Å². The van der Waals surface area contributed by atoms with Crippen LogP contribution in [-0.4, -0.2) is 5.78 Å². The van der Waals surface area contributed by atoms with Gasteiger partial charge in [0.2, 0.25) is 0 Å². The van der Waals surface area contributed by atoms with Gasteiger partial charge in [-0.3, -0.25) is 4.79 Å². The molecule has 1 aliphatic carbocycles. The summed E-state index contributed by atoms with van der Waals surface area (Å²) in [4.78, 5) is 12.2.